The van der Waals surface area contributed by atoms with Gasteiger partial charge in [0.05, 0.1) is 17.7 Å². The molecule has 5 nitrogen and oxygen atoms in total. The number of amides is 3. The van der Waals surface area contributed by atoms with Gasteiger partial charge in [-0.15, -0.1) is 0 Å². The van der Waals surface area contributed by atoms with E-state index < -0.39 is 0 Å². The molecule has 2 aromatic rings. The van der Waals surface area contributed by atoms with Gasteiger partial charge in [0.25, 0.3) is 17.7 Å². The third kappa shape index (κ3) is 2.58. The first-order valence-electron chi connectivity index (χ1n) is 7.98. The van der Waals surface area contributed by atoms with Crippen molar-refractivity contribution in [3.05, 3.63) is 70.8 Å². The van der Waals surface area contributed by atoms with E-state index in [4.69, 9.17) is 0 Å². The van der Waals surface area contributed by atoms with Crippen LogP contribution in [0, 0.1) is 0 Å². The van der Waals surface area contributed by atoms with Gasteiger partial charge in [0.15, 0.2) is 0 Å². The molecule has 0 spiro atoms. The van der Waals surface area contributed by atoms with Crippen LogP contribution in [0.1, 0.15) is 49.5 Å². The third-order valence-corrected chi connectivity index (χ3v) is 4.35. The first-order valence-corrected chi connectivity index (χ1v) is 7.98. The zero-order chi connectivity index (χ0) is 16.7. The van der Waals surface area contributed by atoms with Crippen molar-refractivity contribution >= 4 is 17.7 Å². The summed E-state index contributed by atoms with van der Waals surface area (Å²) in [4.78, 5) is 37.9. The van der Waals surface area contributed by atoms with Crippen molar-refractivity contribution in [1.82, 2.24) is 10.2 Å². The summed E-state index contributed by atoms with van der Waals surface area (Å²) in [6, 6.07) is 14.2. The highest BCUT2D eigenvalue weighted by Gasteiger charge is 2.34. The number of rotatable bonds is 4. The van der Waals surface area contributed by atoms with Crippen molar-refractivity contribution in [3.8, 4) is 0 Å². The Hall–Kier alpha value is -2.95. The van der Waals surface area contributed by atoms with Gasteiger partial charge in [-0.25, -0.2) is 0 Å². The fourth-order valence-electron chi connectivity index (χ4n) is 2.82. The SMILES string of the molecule is O=C(NC1CC1)c1ccc(CN2C(=O)c3ccccc3C2=O)cc1. The molecule has 5 heteroatoms. The van der Waals surface area contributed by atoms with Crippen molar-refractivity contribution in [1.29, 1.82) is 0 Å². The summed E-state index contributed by atoms with van der Waals surface area (Å²) in [5.74, 6) is -0.623. The molecular weight excluding hydrogens is 304 g/mol. The predicted molar refractivity (Wildman–Crippen MR) is 87.6 cm³/mol. The molecule has 0 unspecified atom stereocenters. The van der Waals surface area contributed by atoms with Crippen molar-refractivity contribution in [2.45, 2.75) is 25.4 Å². The van der Waals surface area contributed by atoms with Crippen LogP contribution >= 0.6 is 0 Å². The molecule has 24 heavy (non-hydrogen) atoms. The maximum atomic E-state index is 12.4. The summed E-state index contributed by atoms with van der Waals surface area (Å²) in [6.07, 6.45) is 2.09. The largest absolute Gasteiger partial charge is 0.349 e. The van der Waals surface area contributed by atoms with Gasteiger partial charge < -0.3 is 5.32 Å². The molecule has 0 atom stereocenters. The first-order chi connectivity index (χ1) is 11.6. The number of nitrogens with one attached hydrogen (secondary N) is 1. The van der Waals surface area contributed by atoms with Crippen LogP contribution in [0.15, 0.2) is 48.5 Å². The van der Waals surface area contributed by atoms with E-state index in [1.165, 1.54) is 4.90 Å². The molecule has 0 radical (unpaired) electrons. The molecule has 1 aliphatic heterocycles. The standard InChI is InChI=1S/C19H16N2O3/c22-17(20-14-9-10-14)13-7-5-12(6-8-13)11-21-18(23)15-3-1-2-4-16(15)19(21)24/h1-8,14H,9-11H2,(H,20,22). The van der Waals surface area contributed by atoms with Gasteiger partial charge in [0.1, 0.15) is 0 Å². The second-order valence-corrected chi connectivity index (χ2v) is 6.19. The van der Waals surface area contributed by atoms with E-state index in [0.717, 1.165) is 18.4 Å². The van der Waals surface area contributed by atoms with Gasteiger partial charge in [-0.2, -0.15) is 0 Å². The van der Waals surface area contributed by atoms with E-state index in [1.54, 1.807) is 48.5 Å². The number of carbonyl (C=O) groups is 3. The van der Waals surface area contributed by atoms with Gasteiger partial charge in [-0.1, -0.05) is 24.3 Å². The third-order valence-electron chi connectivity index (χ3n) is 4.35. The topological polar surface area (TPSA) is 66.5 Å². The van der Waals surface area contributed by atoms with Crippen molar-refractivity contribution in [2.24, 2.45) is 0 Å². The minimum atomic E-state index is -0.272. The fraction of sp³-hybridized carbons (Fsp3) is 0.211. The average Bonchev–Trinajstić information content (AvgIpc) is 3.39. The van der Waals surface area contributed by atoms with Crippen LogP contribution in [0.4, 0.5) is 0 Å². The maximum Gasteiger partial charge on any atom is 0.261 e. The lowest BCUT2D eigenvalue weighted by Gasteiger charge is -2.14. The highest BCUT2D eigenvalue weighted by atomic mass is 16.2. The summed E-state index contributed by atoms with van der Waals surface area (Å²) < 4.78 is 0. The minimum absolute atomic E-state index is 0.0789. The van der Waals surface area contributed by atoms with Crippen LogP contribution in [0.25, 0.3) is 0 Å². The molecule has 120 valence electrons. The molecule has 3 amide bonds. The van der Waals surface area contributed by atoms with Gasteiger partial charge in [0, 0.05) is 11.6 Å². The smallest absolute Gasteiger partial charge is 0.261 e. The molecule has 1 aliphatic carbocycles. The van der Waals surface area contributed by atoms with Gasteiger partial charge in [-0.05, 0) is 42.7 Å². The van der Waals surface area contributed by atoms with Crippen LogP contribution in [-0.2, 0) is 6.54 Å². The molecule has 1 saturated carbocycles. The van der Waals surface area contributed by atoms with E-state index >= 15 is 0 Å². The Bertz CT molecular complexity index is 803. The quantitative estimate of drug-likeness (QED) is 0.880. The van der Waals surface area contributed by atoms with Gasteiger partial charge in [0.2, 0.25) is 0 Å². The van der Waals surface area contributed by atoms with Gasteiger partial charge in [-0.3, -0.25) is 19.3 Å². The number of hydrogen-bond acceptors (Lipinski definition) is 3. The molecule has 4 rings (SSSR count). The Morgan fingerprint density at radius 3 is 2.08 bits per heavy atom. The second-order valence-electron chi connectivity index (χ2n) is 6.19. The molecule has 2 aromatic carbocycles. The number of fused-ring (bicyclic) bond motifs is 1. The molecular formula is C19H16N2O3. The lowest BCUT2D eigenvalue weighted by molar-refractivity contribution is 0.0641. The summed E-state index contributed by atoms with van der Waals surface area (Å²) in [6.45, 7) is 0.205. The molecule has 1 heterocycles. The normalized spacial score (nSPS) is 16.2. The molecule has 1 N–H and O–H groups in total. The number of imide groups is 1. The Balaban J connectivity index is 1.49. The Labute approximate surface area is 139 Å². The van der Waals surface area contributed by atoms with Crippen LogP contribution < -0.4 is 5.32 Å². The van der Waals surface area contributed by atoms with Crippen molar-refractivity contribution < 1.29 is 14.4 Å². The fourth-order valence-corrected chi connectivity index (χ4v) is 2.82. The number of benzene rings is 2. The minimum Gasteiger partial charge on any atom is -0.349 e. The lowest BCUT2D eigenvalue weighted by atomic mass is 10.1. The summed E-state index contributed by atoms with van der Waals surface area (Å²) in [5.41, 5.74) is 2.30. The Kier molecular flexibility index (Phi) is 3.41. The van der Waals surface area contributed by atoms with E-state index in [0.29, 0.717) is 22.7 Å². The molecule has 2 aliphatic rings. The van der Waals surface area contributed by atoms with Crippen LogP contribution in [0.2, 0.25) is 0 Å². The molecule has 0 aromatic heterocycles. The number of nitrogens with zero attached hydrogens (tertiary/aromatic N) is 1. The van der Waals surface area contributed by atoms with Crippen LogP contribution in [0.3, 0.4) is 0 Å². The molecule has 1 fully saturated rings. The summed E-state index contributed by atoms with van der Waals surface area (Å²) >= 11 is 0. The van der Waals surface area contributed by atoms with Crippen LogP contribution in [0.5, 0.6) is 0 Å². The second kappa shape index (κ2) is 5.60. The van der Waals surface area contributed by atoms with Crippen molar-refractivity contribution in [2.75, 3.05) is 0 Å². The average molecular weight is 320 g/mol. The van der Waals surface area contributed by atoms with Crippen LogP contribution in [-0.4, -0.2) is 28.7 Å². The monoisotopic (exact) mass is 320 g/mol. The first kappa shape index (κ1) is 14.6. The predicted octanol–water partition coefficient (Wildman–Crippen LogP) is 2.38. The highest BCUT2D eigenvalue weighted by Crippen LogP contribution is 2.24. The van der Waals surface area contributed by atoms with E-state index in [9.17, 15) is 14.4 Å². The maximum absolute atomic E-state index is 12.4. The number of carbonyl (C=O) groups excluding carboxylic acids is 3. The van der Waals surface area contributed by atoms with E-state index in [2.05, 4.69) is 5.32 Å². The molecule has 0 saturated heterocycles. The van der Waals surface area contributed by atoms with Gasteiger partial charge >= 0.3 is 0 Å². The zero-order valence-corrected chi connectivity index (χ0v) is 13.0. The lowest BCUT2D eigenvalue weighted by Crippen LogP contribution is -2.29. The Morgan fingerprint density at radius 2 is 1.54 bits per heavy atom. The van der Waals surface area contributed by atoms with Crippen molar-refractivity contribution in [3.63, 3.8) is 0 Å². The highest BCUT2D eigenvalue weighted by molar-refractivity contribution is 6.21. The number of hydrogen-bond donors (Lipinski definition) is 1. The van der Waals surface area contributed by atoms with E-state index in [1.807, 2.05) is 0 Å². The summed E-state index contributed by atoms with van der Waals surface area (Å²) in [5, 5.41) is 2.93. The summed E-state index contributed by atoms with van der Waals surface area (Å²) in [7, 11) is 0. The zero-order valence-electron chi connectivity index (χ0n) is 13.0. The molecule has 0 bridgehead atoms. The Morgan fingerprint density at radius 1 is 0.958 bits per heavy atom. The van der Waals surface area contributed by atoms with E-state index in [-0.39, 0.29) is 24.3 Å².